The Labute approximate surface area is 125 Å². The number of hydrogen-bond donors (Lipinski definition) is 1. The molecule has 1 aromatic heterocycles. The minimum absolute atomic E-state index is 0.309. The van der Waals surface area contributed by atoms with Crippen LogP contribution in [0.2, 0.25) is 0 Å². The van der Waals surface area contributed by atoms with Gasteiger partial charge in [0.05, 0.1) is 11.5 Å². The predicted molar refractivity (Wildman–Crippen MR) is 83.8 cm³/mol. The van der Waals surface area contributed by atoms with Gasteiger partial charge in [-0.2, -0.15) is 0 Å². The van der Waals surface area contributed by atoms with Crippen molar-refractivity contribution in [2.45, 2.75) is 38.1 Å². The summed E-state index contributed by atoms with van der Waals surface area (Å²) in [4.78, 5) is 1.41. The summed E-state index contributed by atoms with van der Waals surface area (Å²) in [7, 11) is -2.75. The Morgan fingerprint density at radius 3 is 2.70 bits per heavy atom. The second-order valence-electron chi connectivity index (χ2n) is 6.21. The third-order valence-corrected chi connectivity index (χ3v) is 7.47. The first-order valence-corrected chi connectivity index (χ1v) is 10.3. The molecule has 2 unspecified atom stereocenters. The molecule has 0 radical (unpaired) electrons. The Balaban J connectivity index is 1.62. The highest BCUT2D eigenvalue weighted by Crippen LogP contribution is 2.37. The summed E-state index contributed by atoms with van der Waals surface area (Å²) >= 11 is 1.82. The van der Waals surface area contributed by atoms with Gasteiger partial charge in [0.1, 0.15) is 0 Å². The van der Waals surface area contributed by atoms with Crippen LogP contribution in [-0.4, -0.2) is 26.5 Å². The van der Waals surface area contributed by atoms with Crippen molar-refractivity contribution in [1.82, 2.24) is 5.32 Å². The summed E-state index contributed by atoms with van der Waals surface area (Å²) in [5.41, 5.74) is 0. The van der Waals surface area contributed by atoms with E-state index >= 15 is 0 Å². The van der Waals surface area contributed by atoms with E-state index in [0.29, 0.717) is 23.5 Å². The van der Waals surface area contributed by atoms with Crippen molar-refractivity contribution in [3.8, 4) is 0 Å². The van der Waals surface area contributed by atoms with E-state index in [0.717, 1.165) is 18.9 Å². The lowest BCUT2D eigenvalue weighted by molar-refractivity contribution is 0.351. The third-order valence-electron chi connectivity index (χ3n) is 4.67. The second-order valence-corrected chi connectivity index (χ2v) is 9.42. The van der Waals surface area contributed by atoms with Crippen LogP contribution in [0.15, 0.2) is 17.5 Å². The van der Waals surface area contributed by atoms with Crippen LogP contribution in [0.5, 0.6) is 0 Å². The van der Waals surface area contributed by atoms with Crippen molar-refractivity contribution < 1.29 is 8.42 Å². The Kier molecular flexibility index (Phi) is 4.48. The SMILES string of the molecule is O=S1(=O)CCC(CNC(c2cccs2)C2CCCC2)C1. The summed E-state index contributed by atoms with van der Waals surface area (Å²) in [6.07, 6.45) is 6.12. The molecule has 2 atom stereocenters. The normalized spacial score (nSPS) is 27.9. The zero-order valence-electron chi connectivity index (χ0n) is 11.8. The molecule has 0 aromatic carbocycles. The molecule has 0 amide bonds. The van der Waals surface area contributed by atoms with E-state index in [4.69, 9.17) is 0 Å². The zero-order chi connectivity index (χ0) is 14.0. The van der Waals surface area contributed by atoms with Crippen molar-refractivity contribution in [2.24, 2.45) is 11.8 Å². The van der Waals surface area contributed by atoms with Crippen molar-refractivity contribution in [3.63, 3.8) is 0 Å². The third kappa shape index (κ3) is 3.43. The highest BCUT2D eigenvalue weighted by Gasteiger charge is 2.31. The van der Waals surface area contributed by atoms with Crippen molar-refractivity contribution >= 4 is 21.2 Å². The molecule has 0 bridgehead atoms. The Morgan fingerprint density at radius 1 is 1.30 bits per heavy atom. The quantitative estimate of drug-likeness (QED) is 0.909. The number of sulfone groups is 1. The molecule has 3 rings (SSSR count). The molecule has 1 aliphatic heterocycles. The maximum Gasteiger partial charge on any atom is 0.150 e. The second kappa shape index (κ2) is 6.16. The van der Waals surface area contributed by atoms with E-state index in [2.05, 4.69) is 22.8 Å². The first-order chi connectivity index (χ1) is 9.64. The van der Waals surface area contributed by atoms with Crippen molar-refractivity contribution in [2.75, 3.05) is 18.1 Å². The molecular weight excluding hydrogens is 290 g/mol. The maximum absolute atomic E-state index is 11.5. The van der Waals surface area contributed by atoms with Gasteiger partial charge in [-0.3, -0.25) is 0 Å². The first kappa shape index (κ1) is 14.5. The molecule has 2 heterocycles. The van der Waals surface area contributed by atoms with Gasteiger partial charge in [-0.15, -0.1) is 11.3 Å². The fourth-order valence-corrected chi connectivity index (χ4v) is 6.34. The molecule has 5 heteroatoms. The van der Waals surface area contributed by atoms with Gasteiger partial charge in [0.15, 0.2) is 9.84 Å². The van der Waals surface area contributed by atoms with Crippen LogP contribution in [-0.2, 0) is 9.84 Å². The standard InChI is InChI=1S/C15H23NO2S2/c17-20(18)9-7-12(11-20)10-16-15(13-4-1-2-5-13)14-6-3-8-19-14/h3,6,8,12-13,15-16H,1-2,4-5,7,9-11H2. The van der Waals surface area contributed by atoms with Crippen molar-refractivity contribution in [3.05, 3.63) is 22.4 Å². The van der Waals surface area contributed by atoms with Gasteiger partial charge in [0.2, 0.25) is 0 Å². The average molecular weight is 313 g/mol. The lowest BCUT2D eigenvalue weighted by atomic mass is 9.96. The molecule has 112 valence electrons. The largest absolute Gasteiger partial charge is 0.309 e. The fraction of sp³-hybridized carbons (Fsp3) is 0.733. The van der Waals surface area contributed by atoms with Crippen LogP contribution in [0.3, 0.4) is 0 Å². The van der Waals surface area contributed by atoms with Gasteiger partial charge in [0.25, 0.3) is 0 Å². The monoisotopic (exact) mass is 313 g/mol. The van der Waals surface area contributed by atoms with Crippen LogP contribution in [0.1, 0.15) is 43.0 Å². The average Bonchev–Trinajstić information content (AvgIpc) is 3.12. The Bertz CT molecular complexity index is 518. The minimum Gasteiger partial charge on any atom is -0.309 e. The summed E-state index contributed by atoms with van der Waals surface area (Å²) in [6, 6.07) is 4.76. The van der Waals surface area contributed by atoms with Gasteiger partial charge >= 0.3 is 0 Å². The molecule has 2 fully saturated rings. The molecule has 20 heavy (non-hydrogen) atoms. The van der Waals surface area contributed by atoms with Crippen LogP contribution in [0, 0.1) is 11.8 Å². The maximum atomic E-state index is 11.5. The molecule has 1 saturated carbocycles. The number of rotatable bonds is 5. The number of hydrogen-bond acceptors (Lipinski definition) is 4. The molecule has 0 spiro atoms. The highest BCUT2D eigenvalue weighted by atomic mass is 32.2. The van der Waals surface area contributed by atoms with Crippen LogP contribution in [0.25, 0.3) is 0 Å². The summed E-state index contributed by atoms with van der Waals surface area (Å²) in [6.45, 7) is 0.846. The summed E-state index contributed by atoms with van der Waals surface area (Å²) in [5, 5.41) is 5.83. The van der Waals surface area contributed by atoms with E-state index in [9.17, 15) is 8.42 Å². The fourth-order valence-electron chi connectivity index (χ4n) is 3.59. The molecule has 3 nitrogen and oxygen atoms in total. The topological polar surface area (TPSA) is 46.2 Å². The molecule has 1 N–H and O–H groups in total. The molecule has 1 saturated heterocycles. The van der Waals surface area contributed by atoms with Gasteiger partial charge in [-0.25, -0.2) is 8.42 Å². The van der Waals surface area contributed by atoms with Crippen LogP contribution >= 0.6 is 11.3 Å². The summed E-state index contributed by atoms with van der Waals surface area (Å²) < 4.78 is 23.1. The van der Waals surface area contributed by atoms with Crippen molar-refractivity contribution in [1.29, 1.82) is 0 Å². The van der Waals surface area contributed by atoms with Gasteiger partial charge < -0.3 is 5.32 Å². The van der Waals surface area contributed by atoms with E-state index in [1.54, 1.807) is 0 Å². The van der Waals surface area contributed by atoms with Crippen LogP contribution < -0.4 is 5.32 Å². The van der Waals surface area contributed by atoms with E-state index in [1.165, 1.54) is 30.6 Å². The van der Waals surface area contributed by atoms with Gasteiger partial charge in [-0.05, 0) is 49.1 Å². The number of thiophene rings is 1. The smallest absolute Gasteiger partial charge is 0.150 e. The highest BCUT2D eigenvalue weighted by molar-refractivity contribution is 7.91. The van der Waals surface area contributed by atoms with Gasteiger partial charge in [0, 0.05) is 10.9 Å². The van der Waals surface area contributed by atoms with Crippen LogP contribution in [0.4, 0.5) is 0 Å². The predicted octanol–water partition coefficient (Wildman–Crippen LogP) is 3.00. The minimum atomic E-state index is -2.75. The lowest BCUT2D eigenvalue weighted by Gasteiger charge is -2.25. The van der Waals surface area contributed by atoms with Gasteiger partial charge in [-0.1, -0.05) is 18.9 Å². The van der Waals surface area contributed by atoms with E-state index in [1.807, 2.05) is 11.3 Å². The Hall–Kier alpha value is -0.390. The number of nitrogens with one attached hydrogen (secondary N) is 1. The van der Waals surface area contributed by atoms with E-state index in [-0.39, 0.29) is 0 Å². The first-order valence-electron chi connectivity index (χ1n) is 7.61. The Morgan fingerprint density at radius 2 is 2.10 bits per heavy atom. The molecule has 1 aliphatic carbocycles. The molecular formula is C15H23NO2S2. The molecule has 1 aromatic rings. The summed E-state index contributed by atoms with van der Waals surface area (Å²) in [5.74, 6) is 1.80. The van der Waals surface area contributed by atoms with E-state index < -0.39 is 9.84 Å². The zero-order valence-corrected chi connectivity index (χ0v) is 13.4. The lowest BCUT2D eigenvalue weighted by Crippen LogP contribution is -2.31. The molecule has 2 aliphatic rings.